The average Bonchev–Trinajstić information content (AvgIpc) is 2.42. The molecule has 0 radical (unpaired) electrons. The number of likely N-dealkylation sites (N-methyl/N-ethyl adjacent to an activating group) is 1. The van der Waals surface area contributed by atoms with Crippen LogP contribution in [0.3, 0.4) is 0 Å². The summed E-state index contributed by atoms with van der Waals surface area (Å²) in [6, 6.07) is 8.19. The molecule has 0 aromatic heterocycles. The molecule has 0 saturated carbocycles. The molecule has 106 valence electrons. The molecule has 0 amide bonds. The molecule has 5 heteroatoms. The summed E-state index contributed by atoms with van der Waals surface area (Å²) >= 11 is 3.18. The lowest BCUT2D eigenvalue weighted by Crippen LogP contribution is -2.21. The van der Waals surface area contributed by atoms with Crippen molar-refractivity contribution in [1.29, 1.82) is 0 Å². The van der Waals surface area contributed by atoms with Gasteiger partial charge in [0, 0.05) is 16.1 Å². The van der Waals surface area contributed by atoms with E-state index in [0.29, 0.717) is 10.0 Å². The summed E-state index contributed by atoms with van der Waals surface area (Å²) in [4.78, 5) is 0. The van der Waals surface area contributed by atoms with E-state index in [1.165, 1.54) is 18.2 Å². The van der Waals surface area contributed by atoms with Gasteiger partial charge < -0.3 is 5.32 Å². The zero-order valence-electron chi connectivity index (χ0n) is 10.8. The second-order valence-electron chi connectivity index (χ2n) is 4.42. The molecule has 0 aliphatic carbocycles. The second-order valence-corrected chi connectivity index (χ2v) is 5.34. The quantitative estimate of drug-likeness (QED) is 0.869. The number of benzene rings is 2. The fourth-order valence-electron chi connectivity index (χ4n) is 2.06. The molecule has 1 unspecified atom stereocenters. The molecular formula is C15H13BrF3N. The third-order valence-corrected chi connectivity index (χ3v) is 3.64. The summed E-state index contributed by atoms with van der Waals surface area (Å²) in [6.07, 6.45) is 0.232. The van der Waals surface area contributed by atoms with Gasteiger partial charge in [0.05, 0.1) is 0 Å². The number of nitrogens with one attached hydrogen (secondary N) is 1. The Balaban J connectivity index is 2.31. The van der Waals surface area contributed by atoms with Crippen molar-refractivity contribution in [3.8, 4) is 0 Å². The van der Waals surface area contributed by atoms with Crippen LogP contribution < -0.4 is 5.32 Å². The van der Waals surface area contributed by atoms with Crippen molar-refractivity contribution in [3.63, 3.8) is 0 Å². The minimum atomic E-state index is -0.904. The van der Waals surface area contributed by atoms with Crippen LogP contribution in [0.4, 0.5) is 13.2 Å². The largest absolute Gasteiger partial charge is 0.313 e. The van der Waals surface area contributed by atoms with Crippen LogP contribution in [0.25, 0.3) is 0 Å². The van der Waals surface area contributed by atoms with Gasteiger partial charge in [-0.25, -0.2) is 13.2 Å². The maximum atomic E-state index is 13.8. The summed E-state index contributed by atoms with van der Waals surface area (Å²) in [5, 5.41) is 2.89. The molecular weight excluding hydrogens is 331 g/mol. The smallest absolute Gasteiger partial charge is 0.163 e. The summed E-state index contributed by atoms with van der Waals surface area (Å²) in [5.74, 6) is -2.18. The van der Waals surface area contributed by atoms with Crippen LogP contribution in [-0.4, -0.2) is 7.05 Å². The molecule has 0 heterocycles. The summed E-state index contributed by atoms with van der Waals surface area (Å²) in [7, 11) is 1.63. The summed E-state index contributed by atoms with van der Waals surface area (Å²) in [6.45, 7) is 0. The number of hydrogen-bond acceptors (Lipinski definition) is 1. The van der Waals surface area contributed by atoms with Gasteiger partial charge in [0.2, 0.25) is 0 Å². The molecule has 1 atom stereocenters. The Morgan fingerprint density at radius 3 is 2.50 bits per heavy atom. The van der Waals surface area contributed by atoms with Crippen molar-refractivity contribution in [3.05, 3.63) is 69.4 Å². The monoisotopic (exact) mass is 343 g/mol. The first-order chi connectivity index (χ1) is 9.52. The Morgan fingerprint density at radius 2 is 1.85 bits per heavy atom. The van der Waals surface area contributed by atoms with Gasteiger partial charge in [0.25, 0.3) is 0 Å². The fourth-order valence-corrected chi connectivity index (χ4v) is 2.40. The van der Waals surface area contributed by atoms with Crippen LogP contribution in [0.1, 0.15) is 17.2 Å². The van der Waals surface area contributed by atoms with Gasteiger partial charge in [-0.05, 0) is 37.2 Å². The number of rotatable bonds is 4. The third kappa shape index (κ3) is 3.22. The van der Waals surface area contributed by atoms with Crippen molar-refractivity contribution < 1.29 is 13.2 Å². The van der Waals surface area contributed by atoms with Crippen molar-refractivity contribution in [2.75, 3.05) is 7.05 Å². The van der Waals surface area contributed by atoms with E-state index in [9.17, 15) is 13.2 Å². The molecule has 0 bridgehead atoms. The maximum absolute atomic E-state index is 13.8. The standard InChI is InChI=1S/C15H13BrF3N/c1-20-14(11-3-2-4-12(17)15(11)19)7-9-5-6-10(16)8-13(9)18/h2-6,8,14,20H,7H2,1H3. The van der Waals surface area contributed by atoms with Crippen LogP contribution in [0.2, 0.25) is 0 Å². The van der Waals surface area contributed by atoms with Gasteiger partial charge in [-0.15, -0.1) is 0 Å². The molecule has 0 saturated heterocycles. The molecule has 0 spiro atoms. The molecule has 1 nitrogen and oxygen atoms in total. The molecule has 0 aliphatic rings. The summed E-state index contributed by atoms with van der Waals surface area (Å²) in [5.41, 5.74) is 0.631. The van der Waals surface area contributed by atoms with Crippen LogP contribution in [0.15, 0.2) is 40.9 Å². The highest BCUT2D eigenvalue weighted by Gasteiger charge is 2.18. The number of hydrogen-bond donors (Lipinski definition) is 1. The van der Waals surface area contributed by atoms with E-state index in [4.69, 9.17) is 0 Å². The van der Waals surface area contributed by atoms with E-state index < -0.39 is 17.7 Å². The highest BCUT2D eigenvalue weighted by atomic mass is 79.9. The molecule has 2 rings (SSSR count). The maximum Gasteiger partial charge on any atom is 0.163 e. The summed E-state index contributed by atoms with van der Waals surface area (Å²) < 4.78 is 41.5. The minimum Gasteiger partial charge on any atom is -0.313 e. The van der Waals surface area contributed by atoms with E-state index in [1.54, 1.807) is 19.2 Å². The Kier molecular flexibility index (Phi) is 4.83. The molecule has 0 aliphatic heterocycles. The number of halogens is 4. The first-order valence-electron chi connectivity index (χ1n) is 6.08. The van der Waals surface area contributed by atoms with Crippen LogP contribution in [-0.2, 0) is 6.42 Å². The fraction of sp³-hybridized carbons (Fsp3) is 0.200. The Labute approximate surface area is 123 Å². The average molecular weight is 344 g/mol. The van der Waals surface area contributed by atoms with Gasteiger partial charge >= 0.3 is 0 Å². The van der Waals surface area contributed by atoms with Crippen molar-refractivity contribution >= 4 is 15.9 Å². The van der Waals surface area contributed by atoms with Crippen molar-refractivity contribution in [1.82, 2.24) is 5.32 Å². The van der Waals surface area contributed by atoms with Gasteiger partial charge in [-0.2, -0.15) is 0 Å². The predicted octanol–water partition coefficient (Wildman–Crippen LogP) is 4.37. The zero-order valence-corrected chi connectivity index (χ0v) is 12.3. The highest BCUT2D eigenvalue weighted by molar-refractivity contribution is 9.10. The Morgan fingerprint density at radius 1 is 1.10 bits per heavy atom. The normalized spacial score (nSPS) is 12.4. The van der Waals surface area contributed by atoms with Crippen molar-refractivity contribution in [2.45, 2.75) is 12.5 Å². The lowest BCUT2D eigenvalue weighted by Gasteiger charge is -2.18. The van der Waals surface area contributed by atoms with E-state index in [1.807, 2.05) is 0 Å². The lowest BCUT2D eigenvalue weighted by molar-refractivity contribution is 0.470. The molecule has 2 aromatic carbocycles. The van der Waals surface area contributed by atoms with E-state index in [2.05, 4.69) is 21.2 Å². The lowest BCUT2D eigenvalue weighted by atomic mass is 9.98. The predicted molar refractivity (Wildman–Crippen MR) is 76.0 cm³/mol. The molecule has 20 heavy (non-hydrogen) atoms. The van der Waals surface area contributed by atoms with Gasteiger partial charge in [0.1, 0.15) is 5.82 Å². The van der Waals surface area contributed by atoms with Crippen LogP contribution >= 0.6 is 15.9 Å². The molecule has 0 fully saturated rings. The highest BCUT2D eigenvalue weighted by Crippen LogP contribution is 2.25. The van der Waals surface area contributed by atoms with E-state index in [0.717, 1.165) is 6.07 Å². The van der Waals surface area contributed by atoms with E-state index in [-0.39, 0.29) is 17.8 Å². The van der Waals surface area contributed by atoms with Crippen LogP contribution in [0.5, 0.6) is 0 Å². The molecule has 2 aromatic rings. The minimum absolute atomic E-state index is 0.190. The first kappa shape index (κ1) is 15.1. The van der Waals surface area contributed by atoms with Gasteiger partial charge in [-0.1, -0.05) is 34.1 Å². The van der Waals surface area contributed by atoms with Gasteiger partial charge in [0.15, 0.2) is 11.6 Å². The SMILES string of the molecule is CNC(Cc1ccc(Br)cc1F)c1cccc(F)c1F. The first-order valence-corrected chi connectivity index (χ1v) is 6.87. The van der Waals surface area contributed by atoms with Gasteiger partial charge in [-0.3, -0.25) is 0 Å². The van der Waals surface area contributed by atoms with E-state index >= 15 is 0 Å². The van der Waals surface area contributed by atoms with Crippen molar-refractivity contribution in [2.24, 2.45) is 0 Å². The Bertz CT molecular complexity index is 616. The Hall–Kier alpha value is -1.33. The molecule has 1 N–H and O–H groups in total. The van der Waals surface area contributed by atoms with Crippen LogP contribution in [0, 0.1) is 17.5 Å². The zero-order chi connectivity index (χ0) is 14.7. The second kappa shape index (κ2) is 6.41. The third-order valence-electron chi connectivity index (χ3n) is 3.14. The topological polar surface area (TPSA) is 12.0 Å².